The molecule has 0 spiro atoms. The molecule has 35 heavy (non-hydrogen) atoms. The highest BCUT2D eigenvalue weighted by atomic mass is 35.5. The monoisotopic (exact) mass is 512 g/mol. The van der Waals surface area contributed by atoms with Gasteiger partial charge in [-0.1, -0.05) is 55.1 Å². The number of imide groups is 1. The molecule has 0 saturated heterocycles. The number of unbranched alkanes of at least 4 members (excludes halogenated alkanes) is 2. The highest BCUT2D eigenvalue weighted by Gasteiger charge is 2.35. The van der Waals surface area contributed by atoms with E-state index in [4.69, 9.17) is 32.7 Å². The Morgan fingerprint density at radius 3 is 2.49 bits per heavy atom. The fraction of sp³-hybridized carbons (Fsp3) is 0.296. The van der Waals surface area contributed by atoms with Gasteiger partial charge in [0, 0.05) is 27.7 Å². The largest absolute Gasteiger partial charge is 0.493 e. The van der Waals surface area contributed by atoms with Crippen LogP contribution in [-0.4, -0.2) is 30.4 Å². The van der Waals surface area contributed by atoms with Gasteiger partial charge in [0.1, 0.15) is 18.2 Å². The lowest BCUT2D eigenvalue weighted by atomic mass is 9.93. The first kappa shape index (κ1) is 26.3. The van der Waals surface area contributed by atoms with E-state index in [1.165, 1.54) is 7.11 Å². The maximum Gasteiger partial charge on any atom is 0.271 e. The standard InChI is InChI=1S/C27H26Cl2N2O4/c1-4-5-6-11-31-26(32)21(17(2)22(15-30)27(31)33)12-18-7-10-24(25(13-18)34-3)35-16-19-8-9-20(28)14-23(19)29/h7-10,12-14H,4-6,11,16H2,1-3H3/b21-12+. The van der Waals surface area contributed by atoms with Crippen LogP contribution in [0.2, 0.25) is 10.0 Å². The van der Waals surface area contributed by atoms with Crippen molar-refractivity contribution in [3.05, 3.63) is 74.3 Å². The van der Waals surface area contributed by atoms with Gasteiger partial charge in [0.25, 0.3) is 11.8 Å². The van der Waals surface area contributed by atoms with Gasteiger partial charge >= 0.3 is 0 Å². The Bertz CT molecular complexity index is 1240. The van der Waals surface area contributed by atoms with Crippen LogP contribution in [0.15, 0.2) is 53.1 Å². The SMILES string of the molecule is CCCCCN1C(=O)C(C#N)=C(C)/C(=C\c2ccc(OCc3ccc(Cl)cc3Cl)c(OC)c2)C1=O. The van der Waals surface area contributed by atoms with Crippen LogP contribution in [0.3, 0.4) is 0 Å². The fourth-order valence-corrected chi connectivity index (χ4v) is 4.17. The van der Waals surface area contributed by atoms with Crippen LogP contribution in [0.1, 0.15) is 44.2 Å². The van der Waals surface area contributed by atoms with Crippen molar-refractivity contribution in [3.63, 3.8) is 0 Å². The van der Waals surface area contributed by atoms with Crippen LogP contribution in [0.25, 0.3) is 6.08 Å². The van der Waals surface area contributed by atoms with E-state index in [2.05, 4.69) is 0 Å². The van der Waals surface area contributed by atoms with Gasteiger partial charge in [0.05, 0.1) is 7.11 Å². The average molecular weight is 513 g/mol. The minimum Gasteiger partial charge on any atom is -0.493 e. The average Bonchev–Trinajstić information content (AvgIpc) is 2.84. The van der Waals surface area contributed by atoms with Gasteiger partial charge in [0.15, 0.2) is 11.5 Å². The summed E-state index contributed by atoms with van der Waals surface area (Å²) in [6.07, 6.45) is 4.20. The number of amides is 2. The van der Waals surface area contributed by atoms with Crippen molar-refractivity contribution in [2.45, 2.75) is 39.7 Å². The van der Waals surface area contributed by atoms with Crippen LogP contribution in [-0.2, 0) is 16.2 Å². The smallest absolute Gasteiger partial charge is 0.271 e. The van der Waals surface area contributed by atoms with Crippen LogP contribution in [0.4, 0.5) is 0 Å². The minimum atomic E-state index is -0.537. The second-order valence-electron chi connectivity index (χ2n) is 8.07. The van der Waals surface area contributed by atoms with E-state index < -0.39 is 11.8 Å². The predicted molar refractivity (Wildman–Crippen MR) is 136 cm³/mol. The second-order valence-corrected chi connectivity index (χ2v) is 8.92. The molecule has 1 aliphatic rings. The maximum absolute atomic E-state index is 13.2. The minimum absolute atomic E-state index is 0.0147. The van der Waals surface area contributed by atoms with Crippen molar-refractivity contribution < 1.29 is 19.1 Å². The van der Waals surface area contributed by atoms with Gasteiger partial charge in [-0.15, -0.1) is 0 Å². The molecule has 0 saturated carbocycles. The van der Waals surface area contributed by atoms with Gasteiger partial charge in [-0.25, -0.2) is 0 Å². The van der Waals surface area contributed by atoms with Gasteiger partial charge in [-0.05, 0) is 54.8 Å². The van der Waals surface area contributed by atoms with E-state index in [0.717, 1.165) is 23.3 Å². The molecule has 0 bridgehead atoms. The number of hydrogen-bond donors (Lipinski definition) is 0. The molecule has 182 valence electrons. The zero-order chi connectivity index (χ0) is 25.5. The fourth-order valence-electron chi connectivity index (χ4n) is 3.71. The number of nitrogens with zero attached hydrogens (tertiary/aromatic N) is 2. The summed E-state index contributed by atoms with van der Waals surface area (Å²) in [5, 5.41) is 10.6. The zero-order valence-corrected chi connectivity index (χ0v) is 21.4. The molecular weight excluding hydrogens is 487 g/mol. The van der Waals surface area contributed by atoms with Crippen molar-refractivity contribution in [1.82, 2.24) is 4.90 Å². The molecule has 1 heterocycles. The predicted octanol–water partition coefficient (Wildman–Crippen LogP) is 6.36. The van der Waals surface area contributed by atoms with E-state index in [1.54, 1.807) is 49.4 Å². The summed E-state index contributed by atoms with van der Waals surface area (Å²) in [4.78, 5) is 27.0. The molecule has 2 amide bonds. The Kier molecular flexibility index (Phi) is 8.97. The molecule has 6 nitrogen and oxygen atoms in total. The number of hydrogen-bond acceptors (Lipinski definition) is 5. The van der Waals surface area contributed by atoms with E-state index in [0.29, 0.717) is 44.7 Å². The Morgan fingerprint density at radius 2 is 1.83 bits per heavy atom. The van der Waals surface area contributed by atoms with Crippen LogP contribution in [0, 0.1) is 11.3 Å². The van der Waals surface area contributed by atoms with Crippen molar-refractivity contribution in [2.24, 2.45) is 0 Å². The maximum atomic E-state index is 13.2. The van der Waals surface area contributed by atoms with Crippen LogP contribution in [0.5, 0.6) is 11.5 Å². The summed E-state index contributed by atoms with van der Waals surface area (Å²) in [5.74, 6) is 0.0208. The summed E-state index contributed by atoms with van der Waals surface area (Å²) < 4.78 is 11.4. The van der Waals surface area contributed by atoms with Crippen LogP contribution >= 0.6 is 23.2 Å². The Labute approximate surface area is 215 Å². The van der Waals surface area contributed by atoms with E-state index in [9.17, 15) is 14.9 Å². The number of halogens is 2. The van der Waals surface area contributed by atoms with E-state index in [-0.39, 0.29) is 18.7 Å². The molecule has 3 rings (SSSR count). The second kappa shape index (κ2) is 11.9. The van der Waals surface area contributed by atoms with Crippen molar-refractivity contribution >= 4 is 41.1 Å². The normalized spacial score (nSPS) is 15.0. The Balaban J connectivity index is 1.89. The van der Waals surface area contributed by atoms with E-state index >= 15 is 0 Å². The van der Waals surface area contributed by atoms with Crippen LogP contribution < -0.4 is 9.47 Å². The van der Waals surface area contributed by atoms with Gasteiger partial charge in [-0.3, -0.25) is 14.5 Å². The zero-order valence-electron chi connectivity index (χ0n) is 19.9. The molecule has 1 aliphatic heterocycles. The van der Waals surface area contributed by atoms with Gasteiger partial charge in [-0.2, -0.15) is 5.26 Å². The topological polar surface area (TPSA) is 79.6 Å². The van der Waals surface area contributed by atoms with Crippen molar-refractivity contribution in [2.75, 3.05) is 13.7 Å². The third kappa shape index (κ3) is 6.05. The highest BCUT2D eigenvalue weighted by Crippen LogP contribution is 2.33. The molecule has 0 aromatic heterocycles. The highest BCUT2D eigenvalue weighted by molar-refractivity contribution is 6.35. The van der Waals surface area contributed by atoms with Crippen molar-refractivity contribution in [3.8, 4) is 17.6 Å². The summed E-state index contributed by atoms with van der Waals surface area (Å²) in [5.41, 5.74) is 2.10. The molecule has 0 fully saturated rings. The Hall–Kier alpha value is -3.27. The molecule has 0 unspecified atom stereocenters. The number of nitriles is 1. The molecule has 8 heteroatoms. The summed E-state index contributed by atoms with van der Waals surface area (Å²) >= 11 is 12.2. The van der Waals surface area contributed by atoms with Gasteiger partial charge < -0.3 is 9.47 Å². The van der Waals surface area contributed by atoms with E-state index in [1.807, 2.05) is 13.0 Å². The number of carbonyl (C=O) groups is 2. The lowest BCUT2D eigenvalue weighted by Crippen LogP contribution is -2.43. The molecule has 0 atom stereocenters. The lowest BCUT2D eigenvalue weighted by Gasteiger charge is -2.27. The number of methoxy groups -OCH3 is 1. The lowest BCUT2D eigenvalue weighted by molar-refractivity contribution is -0.140. The third-order valence-electron chi connectivity index (χ3n) is 5.71. The third-order valence-corrected chi connectivity index (χ3v) is 6.29. The first-order chi connectivity index (χ1) is 16.8. The number of ether oxygens (including phenoxy) is 2. The summed E-state index contributed by atoms with van der Waals surface area (Å²) in [6.45, 7) is 4.16. The molecule has 2 aromatic carbocycles. The molecule has 0 aliphatic carbocycles. The van der Waals surface area contributed by atoms with Crippen molar-refractivity contribution in [1.29, 1.82) is 5.26 Å². The number of carbonyl (C=O) groups excluding carboxylic acids is 2. The first-order valence-electron chi connectivity index (χ1n) is 11.2. The molecule has 2 aromatic rings. The number of benzene rings is 2. The molecule has 0 radical (unpaired) electrons. The molecule has 0 N–H and O–H groups in total. The Morgan fingerprint density at radius 1 is 1.06 bits per heavy atom. The summed E-state index contributed by atoms with van der Waals surface area (Å²) in [6, 6.07) is 12.4. The first-order valence-corrected chi connectivity index (χ1v) is 12.0. The molecular formula is C27H26Cl2N2O4. The van der Waals surface area contributed by atoms with Gasteiger partial charge in [0.2, 0.25) is 0 Å². The number of rotatable bonds is 9. The quantitative estimate of drug-likeness (QED) is 0.221. The summed E-state index contributed by atoms with van der Waals surface area (Å²) in [7, 11) is 1.52.